The van der Waals surface area contributed by atoms with Crippen molar-refractivity contribution in [3.8, 4) is 50.8 Å². The molecule has 3 aromatic carbocycles. The van der Waals surface area contributed by atoms with Gasteiger partial charge < -0.3 is 64.4 Å². The maximum absolute atomic E-state index is 16.9. The minimum absolute atomic E-state index is 0.00486. The molecule has 0 aliphatic carbocycles. The molecule has 3 saturated heterocycles. The molecule has 31 nitrogen and oxygen atoms in total. The number of fused-ring (bicyclic) bond motifs is 18. The van der Waals surface area contributed by atoms with Gasteiger partial charge in [0.1, 0.15) is 51.6 Å². The van der Waals surface area contributed by atoms with Crippen LogP contribution in [0, 0.1) is 59.0 Å². The summed E-state index contributed by atoms with van der Waals surface area (Å²) < 4.78 is 55.0. The van der Waals surface area contributed by atoms with E-state index < -0.39 is 17.5 Å². The van der Waals surface area contributed by atoms with E-state index in [1.54, 1.807) is 62.2 Å². The zero-order chi connectivity index (χ0) is 101. The van der Waals surface area contributed by atoms with Crippen LogP contribution >= 0.6 is 0 Å². The zero-order valence-corrected chi connectivity index (χ0v) is 83.4. The predicted molar refractivity (Wildman–Crippen MR) is 556 cm³/mol. The molecule has 21 rings (SSSR count). The third kappa shape index (κ3) is 16.1. The normalized spacial score (nSPS) is 17.8. The number of H-pyrrole nitrogens is 3. The van der Waals surface area contributed by atoms with E-state index in [2.05, 4.69) is 98.3 Å². The maximum atomic E-state index is 16.9. The van der Waals surface area contributed by atoms with Gasteiger partial charge in [-0.25, -0.2) is 43.1 Å². The van der Waals surface area contributed by atoms with Gasteiger partial charge in [0.15, 0.2) is 16.9 Å². The van der Waals surface area contributed by atoms with E-state index in [1.807, 2.05) is 180 Å². The Morgan fingerprint density at radius 1 is 0.430 bits per heavy atom. The van der Waals surface area contributed by atoms with E-state index in [-0.39, 0.29) is 105 Å². The van der Waals surface area contributed by atoms with Crippen LogP contribution in [0.15, 0.2) is 163 Å². The number of pyridine rings is 9. The van der Waals surface area contributed by atoms with E-state index in [1.165, 1.54) is 30.4 Å². The molecule has 6 aliphatic rings. The number of benzene rings is 3. The van der Waals surface area contributed by atoms with Gasteiger partial charge in [-0.3, -0.25) is 57.4 Å². The molecule has 12 aromatic heterocycles. The van der Waals surface area contributed by atoms with Crippen molar-refractivity contribution in [2.75, 3.05) is 123 Å². The average molecular weight is 1920 g/mol. The summed E-state index contributed by atoms with van der Waals surface area (Å²) in [6.45, 7) is 46.6. The Morgan fingerprint density at radius 3 is 1.15 bits per heavy atom. The van der Waals surface area contributed by atoms with Gasteiger partial charge in [-0.05, 0) is 213 Å². The highest BCUT2D eigenvalue weighted by Crippen LogP contribution is 2.49. The summed E-state index contributed by atoms with van der Waals surface area (Å²) in [7, 11) is 5.94. The largest absolute Gasteiger partial charge is 0.377 e. The maximum Gasteiger partial charge on any atom is 0.282 e. The van der Waals surface area contributed by atoms with Crippen molar-refractivity contribution in [1.29, 1.82) is 0 Å². The van der Waals surface area contributed by atoms with Crippen molar-refractivity contribution in [3.05, 3.63) is 247 Å². The Balaban J connectivity index is 0.000000136. The van der Waals surface area contributed by atoms with Gasteiger partial charge in [0, 0.05) is 142 Å². The topological polar surface area (TPSA) is 322 Å². The molecule has 0 bridgehead atoms. The Labute approximate surface area is 819 Å². The van der Waals surface area contributed by atoms with Crippen molar-refractivity contribution in [3.63, 3.8) is 0 Å². The molecule has 0 radical (unpaired) electrons. The van der Waals surface area contributed by atoms with Crippen LogP contribution in [0.5, 0.6) is 0 Å². The van der Waals surface area contributed by atoms with Crippen LogP contribution in [0.3, 0.4) is 0 Å². The van der Waals surface area contributed by atoms with E-state index in [9.17, 15) is 24.0 Å². The molecule has 15 aromatic rings. The van der Waals surface area contributed by atoms with Gasteiger partial charge in [0.2, 0.25) is 17.7 Å². The highest BCUT2D eigenvalue weighted by molar-refractivity contribution is 6.06. The Bertz CT molecular complexity index is 7920. The SMILES string of the molecule is C=CC(=O)N1CC2CN(C)c3c(c4cc(F)c(-c5c(C)ccc6[nH]cnc56)nc4n(-c4c(C)ccnc4C(C)C)c3=O)N2CC1C.C=CC(=O)N1CC2CN(CCCN(C)C)c3c(c4cc(F)c(-c5c(C)ccc6[nH]cnc56)nc4n(-c4c(C)ccnc4C(C)C)c3=O)N2CC1C.C=CC(=O)N1CC2CNc3c(c4cc(F)c(-c5c(C)ccc6[nH]cnc56)nc4n(-c4c(C)ccnc4C(C)C)c3=O)N2CC1C. The number of carbonyl (C=O) groups is 3. The fraction of sp³-hybridized carbons (Fsp3) is 0.361. The molecule has 6 atom stereocenters. The second kappa shape index (κ2) is 37.4. The minimum atomic E-state index is -0.517. The number of aryl methyl sites for hydroxylation is 6. The number of carbonyl (C=O) groups excluding carboxylic acids is 3. The number of halogens is 3. The monoisotopic (exact) mass is 1920 g/mol. The van der Waals surface area contributed by atoms with E-state index in [4.69, 9.17) is 24.9 Å². The number of amides is 3. The van der Waals surface area contributed by atoms with Gasteiger partial charge >= 0.3 is 0 Å². The van der Waals surface area contributed by atoms with Crippen molar-refractivity contribution >= 4 is 118 Å². The van der Waals surface area contributed by atoms with Gasteiger partial charge in [0.05, 0.1) is 121 Å². The van der Waals surface area contributed by atoms with Crippen molar-refractivity contribution in [1.82, 2.24) is 93.1 Å². The third-order valence-corrected chi connectivity index (χ3v) is 29.0. The van der Waals surface area contributed by atoms with E-state index in [0.29, 0.717) is 183 Å². The fourth-order valence-corrected chi connectivity index (χ4v) is 22.1. The summed E-state index contributed by atoms with van der Waals surface area (Å²) in [5.74, 6) is -1.92. The Morgan fingerprint density at radius 2 is 0.775 bits per heavy atom. The lowest BCUT2D eigenvalue weighted by Crippen LogP contribution is -2.64. The average Bonchev–Trinajstić information content (AvgIpc) is 0.813. The number of nitrogens with zero attached hydrogens (tertiary/aromatic N) is 21. The van der Waals surface area contributed by atoms with Gasteiger partial charge in [-0.1, -0.05) is 79.5 Å². The number of piperazine rings is 3. The van der Waals surface area contributed by atoms with Gasteiger partial charge in [0.25, 0.3) is 16.7 Å². The lowest BCUT2D eigenvalue weighted by atomic mass is 9.97. The van der Waals surface area contributed by atoms with E-state index in [0.717, 1.165) is 80.0 Å². The number of hydrogen-bond donors (Lipinski definition) is 4. The number of likely N-dealkylation sites (N-methyl/N-ethyl adjacent to an activating group) is 1. The Kier molecular flexibility index (Phi) is 25.2. The van der Waals surface area contributed by atoms with Crippen LogP contribution in [0.25, 0.3) is 117 Å². The Hall–Kier alpha value is -15.2. The first kappa shape index (κ1) is 95.7. The summed E-state index contributed by atoms with van der Waals surface area (Å²) in [6, 6.07) is 20.8. The second-order valence-electron chi connectivity index (χ2n) is 39.7. The summed E-state index contributed by atoms with van der Waals surface area (Å²) in [5.41, 5.74) is 19.0. The lowest BCUT2D eigenvalue weighted by Gasteiger charge is -2.51. The highest BCUT2D eigenvalue weighted by Gasteiger charge is 2.47. The summed E-state index contributed by atoms with van der Waals surface area (Å²) >= 11 is 0. The van der Waals surface area contributed by atoms with Crippen molar-refractivity contribution in [2.24, 2.45) is 0 Å². The number of aromatic amines is 3. The van der Waals surface area contributed by atoms with Crippen LogP contribution in [-0.2, 0) is 14.4 Å². The molecule has 3 amide bonds. The first-order valence-electron chi connectivity index (χ1n) is 48.5. The number of imidazole rings is 3. The van der Waals surface area contributed by atoms with Crippen LogP contribution in [0.2, 0.25) is 0 Å². The molecule has 142 heavy (non-hydrogen) atoms. The van der Waals surface area contributed by atoms with Crippen LogP contribution in [0.1, 0.15) is 137 Å². The van der Waals surface area contributed by atoms with Gasteiger partial charge in [-0.15, -0.1) is 0 Å². The summed E-state index contributed by atoms with van der Waals surface area (Å²) in [5, 5.41) is 4.93. The third-order valence-electron chi connectivity index (χ3n) is 29.0. The standard InChI is InChI=1S/C39H46FN9O2.C35H37FN8O2.C34H35FN8O2/c1-9-30(50)47-20-26-19-46(16-10-15-45(7)8)37-36(48(26)18-25(47)6)27-17-28(40)33(31-23(4)11-12-29-34(31)43-21-42-29)44-38(27)49(39(37)51)35-24(5)13-14-41-32(35)22(2)3;1-8-26(45)42-16-22-15-41(7)33-32(43(22)14-21(42)6)23-13-24(36)29(27-19(4)9-10-25-30(27)39-17-38-25)40-34(23)44(35(33)46)31-20(5)11-12-37-28(31)18(2)3;1-7-25(44)41-15-21-13-37-30-32(42(21)14-20(41)6)22-12-23(35)28(26-18(4)8-9-24-29(26)39-16-38-24)40-33(22)43(34(30)45)31-19(5)10-11-36-27(31)17(2)3/h9,11-14,17,21-22,25-26H,1,10,15-16,18-20H2,2-8H3,(H,42,43);8-13,17-18,21-22H,1,14-16H2,2-7H3,(H,38,39);7-12,16-17,20-21,37H,1,13-15H2,2-6H3,(H,38,39). The highest BCUT2D eigenvalue weighted by atomic mass is 19.1. The van der Waals surface area contributed by atoms with Crippen LogP contribution < -0.4 is 46.5 Å². The van der Waals surface area contributed by atoms with Crippen LogP contribution in [0.4, 0.5) is 47.3 Å². The number of aromatic nitrogens is 15. The molecular formula is C108H118F3N25O6. The van der Waals surface area contributed by atoms with Crippen molar-refractivity contribution in [2.45, 2.75) is 164 Å². The number of hydrogen-bond acceptors (Lipinski definition) is 22. The molecule has 18 heterocycles. The van der Waals surface area contributed by atoms with E-state index >= 15 is 18.0 Å². The quantitative estimate of drug-likeness (QED) is 0.0653. The lowest BCUT2D eigenvalue weighted by molar-refractivity contribution is -0.129. The molecule has 34 heteroatoms. The number of anilines is 6. The zero-order valence-electron chi connectivity index (χ0n) is 83.4. The summed E-state index contributed by atoms with van der Waals surface area (Å²) in [6.07, 6.45) is 14.9. The number of nitrogens with one attached hydrogen (secondary N) is 4. The molecule has 0 spiro atoms. The summed E-state index contributed by atoms with van der Waals surface area (Å²) in [4.78, 5) is 154. The molecular weight excluding hydrogens is 1800 g/mol. The predicted octanol–water partition coefficient (Wildman–Crippen LogP) is 16.0. The smallest absolute Gasteiger partial charge is 0.282 e. The molecule has 6 aliphatic heterocycles. The van der Waals surface area contributed by atoms with Crippen molar-refractivity contribution < 1.29 is 27.6 Å². The molecule has 732 valence electrons. The first-order chi connectivity index (χ1) is 68.0. The minimum Gasteiger partial charge on any atom is -0.377 e. The second-order valence-corrected chi connectivity index (χ2v) is 39.7. The fourth-order valence-electron chi connectivity index (χ4n) is 22.1. The van der Waals surface area contributed by atoms with Crippen LogP contribution in [-0.4, -0.2) is 240 Å². The molecule has 0 saturated carbocycles. The first-order valence-corrected chi connectivity index (χ1v) is 48.5. The molecule has 3 fully saturated rings. The molecule has 4 N–H and O–H groups in total. The molecule has 6 unspecified atom stereocenters. The van der Waals surface area contributed by atoms with Gasteiger partial charge in [-0.2, -0.15) is 0 Å². The number of rotatable bonds is 16.